The van der Waals surface area contributed by atoms with Crippen LogP contribution in [0.1, 0.15) is 47.2 Å². The third-order valence-electron chi connectivity index (χ3n) is 5.17. The molecule has 2 fully saturated rings. The van der Waals surface area contributed by atoms with Crippen molar-refractivity contribution in [1.82, 2.24) is 0 Å². The summed E-state index contributed by atoms with van der Waals surface area (Å²) in [6.07, 6.45) is 5.82. The molecule has 1 aromatic rings. The Bertz CT molecular complexity index is 459. The van der Waals surface area contributed by atoms with Gasteiger partial charge in [-0.2, -0.15) is 0 Å². The Balaban J connectivity index is 1.86. The summed E-state index contributed by atoms with van der Waals surface area (Å²) in [5.74, 6) is 3.84. The summed E-state index contributed by atoms with van der Waals surface area (Å²) in [4.78, 5) is 0.520. The van der Waals surface area contributed by atoms with E-state index in [1.54, 1.807) is 7.11 Å². The van der Waals surface area contributed by atoms with Gasteiger partial charge in [-0.05, 0) is 67.6 Å². The topological polar surface area (TPSA) is 9.23 Å². The van der Waals surface area contributed by atoms with Crippen LogP contribution in [0.3, 0.4) is 0 Å². The standard InChI is InChI=1S/C17H23BrO/c1-10-6-14(7-11(2)17(10)19-3)16(18)15-9-12-4-5-13(15)8-12/h6-7,12-13,15-16H,4-5,8-9H2,1-3H3. The van der Waals surface area contributed by atoms with Gasteiger partial charge in [-0.1, -0.05) is 34.5 Å². The molecule has 2 aliphatic carbocycles. The smallest absolute Gasteiger partial charge is 0.124 e. The van der Waals surface area contributed by atoms with Crippen LogP contribution in [-0.2, 0) is 0 Å². The lowest BCUT2D eigenvalue weighted by Crippen LogP contribution is -2.15. The number of halogens is 1. The van der Waals surface area contributed by atoms with E-state index in [-0.39, 0.29) is 0 Å². The Hall–Kier alpha value is -0.500. The minimum Gasteiger partial charge on any atom is -0.496 e. The van der Waals surface area contributed by atoms with Gasteiger partial charge in [0.05, 0.1) is 7.11 Å². The summed E-state index contributed by atoms with van der Waals surface area (Å²) in [6, 6.07) is 4.61. The number of aryl methyl sites for hydroxylation is 2. The SMILES string of the molecule is COc1c(C)cc(C(Br)C2CC3CCC2C3)cc1C. The second kappa shape index (κ2) is 5.12. The average molecular weight is 323 g/mol. The van der Waals surface area contributed by atoms with Gasteiger partial charge in [0, 0.05) is 4.83 Å². The first-order chi connectivity index (χ1) is 9.10. The van der Waals surface area contributed by atoms with E-state index in [9.17, 15) is 0 Å². The van der Waals surface area contributed by atoms with Crippen LogP contribution in [0.5, 0.6) is 5.75 Å². The average Bonchev–Trinajstić information content (AvgIpc) is 2.99. The minimum absolute atomic E-state index is 0.520. The number of benzene rings is 1. The van der Waals surface area contributed by atoms with Gasteiger partial charge >= 0.3 is 0 Å². The lowest BCUT2D eigenvalue weighted by molar-refractivity contribution is 0.329. The summed E-state index contributed by atoms with van der Waals surface area (Å²) in [5, 5.41) is 0. The largest absolute Gasteiger partial charge is 0.496 e. The van der Waals surface area contributed by atoms with Crippen molar-refractivity contribution in [2.75, 3.05) is 7.11 Å². The van der Waals surface area contributed by atoms with E-state index >= 15 is 0 Å². The highest BCUT2D eigenvalue weighted by Crippen LogP contribution is 2.55. The van der Waals surface area contributed by atoms with Crippen molar-refractivity contribution in [3.63, 3.8) is 0 Å². The van der Waals surface area contributed by atoms with E-state index in [1.807, 2.05) is 0 Å². The summed E-state index contributed by atoms with van der Waals surface area (Å²) in [7, 11) is 1.76. The predicted octanol–water partition coefficient (Wildman–Crippen LogP) is 5.18. The molecular weight excluding hydrogens is 300 g/mol. The summed E-state index contributed by atoms with van der Waals surface area (Å²) < 4.78 is 5.47. The highest BCUT2D eigenvalue weighted by molar-refractivity contribution is 9.09. The predicted molar refractivity (Wildman–Crippen MR) is 83.1 cm³/mol. The van der Waals surface area contributed by atoms with Crippen molar-refractivity contribution < 1.29 is 4.74 Å². The second-order valence-electron chi connectivity index (χ2n) is 6.43. The Morgan fingerprint density at radius 3 is 2.32 bits per heavy atom. The molecule has 1 nitrogen and oxygen atoms in total. The first-order valence-corrected chi connectivity index (χ1v) is 8.31. The maximum absolute atomic E-state index is 5.47. The molecule has 104 valence electrons. The van der Waals surface area contributed by atoms with Crippen molar-refractivity contribution in [3.8, 4) is 5.75 Å². The highest BCUT2D eigenvalue weighted by Gasteiger charge is 2.42. The molecule has 0 aliphatic heterocycles. The van der Waals surface area contributed by atoms with Crippen LogP contribution < -0.4 is 4.74 Å². The quantitative estimate of drug-likeness (QED) is 0.696. The number of ether oxygens (including phenoxy) is 1. The van der Waals surface area contributed by atoms with Gasteiger partial charge in [-0.3, -0.25) is 0 Å². The number of fused-ring (bicyclic) bond motifs is 2. The zero-order valence-electron chi connectivity index (χ0n) is 12.1. The molecule has 2 bridgehead atoms. The normalized spacial score (nSPS) is 30.6. The van der Waals surface area contributed by atoms with E-state index in [0.29, 0.717) is 4.83 Å². The monoisotopic (exact) mass is 322 g/mol. The first kappa shape index (κ1) is 13.5. The molecule has 0 radical (unpaired) electrons. The molecule has 1 aromatic carbocycles. The summed E-state index contributed by atoms with van der Waals surface area (Å²) in [5.41, 5.74) is 3.95. The number of hydrogen-bond acceptors (Lipinski definition) is 1. The summed E-state index contributed by atoms with van der Waals surface area (Å²) in [6.45, 7) is 4.30. The van der Waals surface area contributed by atoms with Crippen LogP contribution in [0.25, 0.3) is 0 Å². The number of rotatable bonds is 3. The van der Waals surface area contributed by atoms with E-state index in [1.165, 1.54) is 42.4 Å². The Morgan fingerprint density at radius 2 is 1.84 bits per heavy atom. The van der Waals surface area contributed by atoms with Gasteiger partial charge in [-0.25, -0.2) is 0 Å². The Labute approximate surface area is 124 Å². The van der Waals surface area contributed by atoms with Crippen LogP contribution in [-0.4, -0.2) is 7.11 Å². The molecule has 0 aromatic heterocycles. The molecule has 0 spiro atoms. The molecule has 3 rings (SSSR count). The Kier molecular flexibility index (Phi) is 3.63. The van der Waals surface area contributed by atoms with Crippen LogP contribution >= 0.6 is 15.9 Å². The molecule has 2 heteroatoms. The fraction of sp³-hybridized carbons (Fsp3) is 0.647. The maximum atomic E-state index is 5.47. The third-order valence-corrected chi connectivity index (χ3v) is 6.38. The van der Waals surface area contributed by atoms with Crippen molar-refractivity contribution in [3.05, 3.63) is 28.8 Å². The molecule has 0 N–H and O–H groups in total. The van der Waals surface area contributed by atoms with Crippen molar-refractivity contribution in [2.24, 2.45) is 17.8 Å². The zero-order valence-corrected chi connectivity index (χ0v) is 13.7. The van der Waals surface area contributed by atoms with Gasteiger partial charge in [0.15, 0.2) is 0 Å². The number of alkyl halides is 1. The zero-order chi connectivity index (χ0) is 13.6. The van der Waals surface area contributed by atoms with Crippen LogP contribution in [0.15, 0.2) is 12.1 Å². The van der Waals surface area contributed by atoms with Crippen molar-refractivity contribution in [2.45, 2.75) is 44.4 Å². The maximum Gasteiger partial charge on any atom is 0.124 e. The van der Waals surface area contributed by atoms with Gasteiger partial charge in [0.2, 0.25) is 0 Å². The second-order valence-corrected chi connectivity index (χ2v) is 7.41. The lowest BCUT2D eigenvalue weighted by Gasteiger charge is -2.27. The number of hydrogen-bond donors (Lipinski definition) is 0. The first-order valence-electron chi connectivity index (χ1n) is 7.39. The van der Waals surface area contributed by atoms with E-state index in [0.717, 1.165) is 23.5 Å². The lowest BCUT2D eigenvalue weighted by atomic mass is 9.83. The molecule has 19 heavy (non-hydrogen) atoms. The molecule has 4 unspecified atom stereocenters. The van der Waals surface area contributed by atoms with Gasteiger partial charge in [-0.15, -0.1) is 0 Å². The molecule has 2 saturated carbocycles. The van der Waals surface area contributed by atoms with Gasteiger partial charge < -0.3 is 4.74 Å². The molecular formula is C17H23BrO. The minimum atomic E-state index is 0.520. The third kappa shape index (κ3) is 2.33. The van der Waals surface area contributed by atoms with Crippen molar-refractivity contribution in [1.29, 1.82) is 0 Å². The molecule has 0 amide bonds. The molecule has 4 atom stereocenters. The molecule has 2 aliphatic rings. The fourth-order valence-corrected chi connectivity index (χ4v) is 5.28. The Morgan fingerprint density at radius 1 is 1.16 bits per heavy atom. The van der Waals surface area contributed by atoms with Crippen LogP contribution in [0, 0.1) is 31.6 Å². The number of methoxy groups -OCH3 is 1. The van der Waals surface area contributed by atoms with Crippen LogP contribution in [0.4, 0.5) is 0 Å². The van der Waals surface area contributed by atoms with Gasteiger partial charge in [0.1, 0.15) is 5.75 Å². The fourth-order valence-electron chi connectivity index (χ4n) is 4.36. The van der Waals surface area contributed by atoms with Gasteiger partial charge in [0.25, 0.3) is 0 Å². The summed E-state index contributed by atoms with van der Waals surface area (Å²) >= 11 is 3.99. The van der Waals surface area contributed by atoms with E-state index in [2.05, 4.69) is 41.9 Å². The van der Waals surface area contributed by atoms with Crippen LogP contribution in [0.2, 0.25) is 0 Å². The molecule has 0 saturated heterocycles. The van der Waals surface area contributed by atoms with E-state index < -0.39 is 0 Å². The van der Waals surface area contributed by atoms with Crippen molar-refractivity contribution >= 4 is 15.9 Å². The van der Waals surface area contributed by atoms with E-state index in [4.69, 9.17) is 4.74 Å². The highest BCUT2D eigenvalue weighted by atomic mass is 79.9. The molecule has 0 heterocycles.